The topological polar surface area (TPSA) is 81.7 Å². The summed E-state index contributed by atoms with van der Waals surface area (Å²) in [5.41, 5.74) is -0.629. The van der Waals surface area contributed by atoms with Gasteiger partial charge in [0.05, 0.1) is 7.11 Å². The lowest BCUT2D eigenvalue weighted by molar-refractivity contribution is -0.142. The first-order valence-electron chi connectivity index (χ1n) is 6.92. The Morgan fingerprint density at radius 2 is 2.10 bits per heavy atom. The molecule has 1 fully saturated rings. The van der Waals surface area contributed by atoms with Gasteiger partial charge in [0, 0.05) is 23.8 Å². The normalized spacial score (nSPS) is 20.0. The van der Waals surface area contributed by atoms with Crippen molar-refractivity contribution in [3.8, 4) is 0 Å². The van der Waals surface area contributed by atoms with Crippen LogP contribution in [0.1, 0.15) is 40.0 Å². The van der Waals surface area contributed by atoms with Crippen molar-refractivity contribution in [2.45, 2.75) is 56.9 Å². The lowest BCUT2D eigenvalue weighted by atomic mass is 10.2. The standard InChI is InChI=1S/C14H23NO5S/c1-14(2,3)20-13(18)15-11(12(17)19-4)8-21-10-6-5-9(16)7-10/h10-11H,5-8H2,1-4H3,(H,15,18)/t10-,11-/m0/s1. The first-order valence-corrected chi connectivity index (χ1v) is 7.97. The zero-order valence-corrected chi connectivity index (χ0v) is 13.7. The number of amides is 1. The van der Waals surface area contributed by atoms with Crippen molar-refractivity contribution in [1.82, 2.24) is 5.32 Å². The third kappa shape index (κ3) is 6.84. The fourth-order valence-corrected chi connectivity index (χ4v) is 3.19. The molecular formula is C14H23NO5S. The van der Waals surface area contributed by atoms with Crippen LogP contribution in [0.3, 0.4) is 0 Å². The van der Waals surface area contributed by atoms with Gasteiger partial charge in [0.25, 0.3) is 0 Å². The molecule has 0 aromatic carbocycles. The summed E-state index contributed by atoms with van der Waals surface area (Å²) < 4.78 is 9.82. The van der Waals surface area contributed by atoms with Gasteiger partial charge in [-0.2, -0.15) is 11.8 Å². The van der Waals surface area contributed by atoms with Crippen molar-refractivity contribution in [3.05, 3.63) is 0 Å². The summed E-state index contributed by atoms with van der Waals surface area (Å²) in [5, 5.41) is 2.73. The summed E-state index contributed by atoms with van der Waals surface area (Å²) >= 11 is 1.51. The molecule has 1 saturated carbocycles. The second kappa shape index (κ2) is 7.68. The first-order chi connectivity index (χ1) is 9.71. The van der Waals surface area contributed by atoms with Crippen LogP contribution >= 0.6 is 11.8 Å². The average molecular weight is 317 g/mol. The molecular weight excluding hydrogens is 294 g/mol. The lowest BCUT2D eigenvalue weighted by Crippen LogP contribution is -2.45. The van der Waals surface area contributed by atoms with E-state index in [4.69, 9.17) is 9.47 Å². The number of carbonyl (C=O) groups excluding carboxylic acids is 3. The summed E-state index contributed by atoms with van der Waals surface area (Å²) in [4.78, 5) is 34.7. The van der Waals surface area contributed by atoms with Crippen LogP contribution in [0.2, 0.25) is 0 Å². The van der Waals surface area contributed by atoms with Gasteiger partial charge < -0.3 is 14.8 Å². The van der Waals surface area contributed by atoms with Gasteiger partial charge >= 0.3 is 12.1 Å². The molecule has 1 aliphatic carbocycles. The van der Waals surface area contributed by atoms with Crippen LogP contribution in [0.4, 0.5) is 4.79 Å². The number of esters is 1. The molecule has 0 bridgehead atoms. The van der Waals surface area contributed by atoms with E-state index in [-0.39, 0.29) is 11.0 Å². The Labute approximate surface area is 129 Å². The molecule has 120 valence electrons. The molecule has 1 N–H and O–H groups in total. The molecule has 0 saturated heterocycles. The highest BCUT2D eigenvalue weighted by molar-refractivity contribution is 8.00. The number of carbonyl (C=O) groups is 3. The molecule has 1 rings (SSSR count). The molecule has 7 heteroatoms. The lowest BCUT2D eigenvalue weighted by Gasteiger charge is -2.23. The number of nitrogens with one attached hydrogen (secondary N) is 1. The molecule has 1 aliphatic rings. The Morgan fingerprint density at radius 1 is 1.43 bits per heavy atom. The maximum atomic E-state index is 11.7. The number of ketones is 1. The molecule has 0 aromatic heterocycles. The van der Waals surface area contributed by atoms with Gasteiger partial charge in [-0.25, -0.2) is 9.59 Å². The highest BCUT2D eigenvalue weighted by atomic mass is 32.2. The van der Waals surface area contributed by atoms with Crippen molar-refractivity contribution in [1.29, 1.82) is 0 Å². The minimum Gasteiger partial charge on any atom is -0.467 e. The second-order valence-electron chi connectivity index (χ2n) is 5.96. The van der Waals surface area contributed by atoms with Gasteiger partial charge in [0.1, 0.15) is 17.4 Å². The van der Waals surface area contributed by atoms with Gasteiger partial charge in [-0.3, -0.25) is 4.79 Å². The molecule has 1 amide bonds. The monoisotopic (exact) mass is 317 g/mol. The van der Waals surface area contributed by atoms with Gasteiger partial charge in [0.15, 0.2) is 0 Å². The van der Waals surface area contributed by atoms with Gasteiger partial charge in [0.2, 0.25) is 0 Å². The Balaban J connectivity index is 2.49. The molecule has 0 heterocycles. The van der Waals surface area contributed by atoms with Crippen LogP contribution in [0.15, 0.2) is 0 Å². The van der Waals surface area contributed by atoms with E-state index in [9.17, 15) is 14.4 Å². The van der Waals surface area contributed by atoms with Gasteiger partial charge in [-0.1, -0.05) is 0 Å². The number of alkyl carbamates (subject to hydrolysis) is 1. The third-order valence-electron chi connectivity index (χ3n) is 2.88. The van der Waals surface area contributed by atoms with Crippen LogP contribution in [0.5, 0.6) is 0 Å². The van der Waals surface area contributed by atoms with Gasteiger partial charge in [-0.15, -0.1) is 0 Å². The number of hydrogen-bond donors (Lipinski definition) is 1. The number of rotatable bonds is 5. The average Bonchev–Trinajstić information content (AvgIpc) is 2.77. The maximum absolute atomic E-state index is 11.7. The van der Waals surface area contributed by atoms with Crippen molar-refractivity contribution < 1.29 is 23.9 Å². The first kappa shape index (κ1) is 17.8. The van der Waals surface area contributed by atoms with Crippen LogP contribution in [0, 0.1) is 0 Å². The third-order valence-corrected chi connectivity index (χ3v) is 4.28. The van der Waals surface area contributed by atoms with E-state index in [1.165, 1.54) is 18.9 Å². The van der Waals surface area contributed by atoms with Crippen LogP contribution in [-0.4, -0.2) is 47.6 Å². The number of Topliss-reactive ketones (excluding diaryl/α,β-unsaturated/α-hetero) is 1. The van der Waals surface area contributed by atoms with Crippen LogP contribution in [-0.2, 0) is 19.1 Å². The molecule has 0 aromatic rings. The SMILES string of the molecule is COC(=O)[C@H](CS[C@H]1CCC(=O)C1)NC(=O)OC(C)(C)C. The predicted molar refractivity (Wildman–Crippen MR) is 80.3 cm³/mol. The minimum atomic E-state index is -0.773. The van der Waals surface area contributed by atoms with Crippen LogP contribution < -0.4 is 5.32 Å². The van der Waals surface area contributed by atoms with Crippen molar-refractivity contribution in [3.63, 3.8) is 0 Å². The van der Waals surface area contributed by atoms with E-state index in [2.05, 4.69) is 5.32 Å². The Kier molecular flexibility index (Phi) is 6.51. The Bertz CT molecular complexity index is 405. The van der Waals surface area contributed by atoms with E-state index in [0.717, 1.165) is 6.42 Å². The van der Waals surface area contributed by atoms with E-state index < -0.39 is 23.7 Å². The molecule has 0 aliphatic heterocycles. The second-order valence-corrected chi connectivity index (χ2v) is 7.29. The summed E-state index contributed by atoms with van der Waals surface area (Å²) in [6, 6.07) is -0.773. The van der Waals surface area contributed by atoms with Gasteiger partial charge in [-0.05, 0) is 27.2 Å². The highest BCUT2D eigenvalue weighted by Crippen LogP contribution is 2.27. The predicted octanol–water partition coefficient (Wildman–Crippen LogP) is 1.91. The Hall–Kier alpha value is -1.24. The largest absolute Gasteiger partial charge is 0.467 e. The zero-order chi connectivity index (χ0) is 16.0. The van der Waals surface area contributed by atoms with E-state index in [1.54, 1.807) is 20.8 Å². The summed E-state index contributed by atoms with van der Waals surface area (Å²) in [7, 11) is 1.27. The fourth-order valence-electron chi connectivity index (χ4n) is 1.92. The van der Waals surface area contributed by atoms with Crippen molar-refractivity contribution in [2.24, 2.45) is 0 Å². The molecule has 2 atom stereocenters. The summed E-state index contributed by atoms with van der Waals surface area (Å²) in [6.07, 6.45) is 1.30. The van der Waals surface area contributed by atoms with E-state index >= 15 is 0 Å². The molecule has 0 spiro atoms. The molecule has 0 unspecified atom stereocenters. The minimum absolute atomic E-state index is 0.213. The quantitative estimate of drug-likeness (QED) is 0.780. The number of methoxy groups -OCH3 is 1. The zero-order valence-electron chi connectivity index (χ0n) is 12.9. The number of ether oxygens (including phenoxy) is 2. The van der Waals surface area contributed by atoms with E-state index in [0.29, 0.717) is 18.6 Å². The number of hydrogen-bond acceptors (Lipinski definition) is 6. The molecule has 0 radical (unpaired) electrons. The van der Waals surface area contributed by atoms with Crippen LogP contribution in [0.25, 0.3) is 0 Å². The van der Waals surface area contributed by atoms with Crippen molar-refractivity contribution in [2.75, 3.05) is 12.9 Å². The fraction of sp³-hybridized carbons (Fsp3) is 0.786. The summed E-state index contributed by atoms with van der Waals surface area (Å²) in [6.45, 7) is 5.25. The molecule has 21 heavy (non-hydrogen) atoms. The summed E-state index contributed by atoms with van der Waals surface area (Å²) in [5.74, 6) is 0.101. The highest BCUT2D eigenvalue weighted by Gasteiger charge is 2.28. The number of thioether (sulfide) groups is 1. The molecule has 6 nitrogen and oxygen atoms in total. The smallest absolute Gasteiger partial charge is 0.408 e. The van der Waals surface area contributed by atoms with Crippen molar-refractivity contribution >= 4 is 29.6 Å². The maximum Gasteiger partial charge on any atom is 0.408 e. The van der Waals surface area contributed by atoms with E-state index in [1.807, 2.05) is 0 Å². The Morgan fingerprint density at radius 3 is 2.57 bits per heavy atom.